The van der Waals surface area contributed by atoms with Gasteiger partial charge in [0.2, 0.25) is 5.91 Å². The Morgan fingerprint density at radius 1 is 0.453 bits per heavy atom. The van der Waals surface area contributed by atoms with Gasteiger partial charge in [-0.1, -0.05) is 257 Å². The fourth-order valence-corrected chi connectivity index (χ4v) is 10.3. The van der Waals surface area contributed by atoms with Crippen molar-refractivity contribution in [1.29, 1.82) is 0 Å². The Balaban J connectivity index is 5.14. The van der Waals surface area contributed by atoms with Crippen LogP contribution in [0.1, 0.15) is 316 Å². The lowest BCUT2D eigenvalue weighted by atomic mass is 10.0. The second-order valence-electron chi connectivity index (χ2n) is 23.3. The van der Waals surface area contributed by atoms with E-state index in [1.807, 2.05) is 33.3 Å². The average molecular weight is 1080 g/mol. The van der Waals surface area contributed by atoms with Crippen LogP contribution in [0.25, 0.3) is 0 Å². The Bertz CT molecular complexity index is 1380. The minimum Gasteiger partial charge on any atom is -0.456 e. The Labute approximate surface area is 466 Å². The van der Waals surface area contributed by atoms with Crippen LogP contribution >= 0.6 is 7.82 Å². The lowest BCUT2D eigenvalue weighted by Gasteiger charge is -2.27. The first kappa shape index (κ1) is 73.2. The number of quaternary nitrogens is 1. The van der Waals surface area contributed by atoms with Crippen molar-refractivity contribution in [3.63, 3.8) is 0 Å². The second kappa shape index (κ2) is 55.5. The van der Waals surface area contributed by atoms with Crippen molar-refractivity contribution < 1.29 is 37.3 Å². The number of unbranched alkanes of at least 4 members (excludes halogenated alkanes) is 39. The van der Waals surface area contributed by atoms with Crippen LogP contribution < -0.4 is 5.32 Å². The zero-order valence-electron chi connectivity index (χ0n) is 50.6. The molecule has 0 heterocycles. The summed E-state index contributed by atoms with van der Waals surface area (Å²) in [6.07, 6.45) is 67.1. The number of nitrogens with zero attached hydrogens (tertiary/aromatic N) is 1. The van der Waals surface area contributed by atoms with Crippen molar-refractivity contribution in [2.24, 2.45) is 0 Å². The maximum atomic E-state index is 13.5. The number of rotatable bonds is 59. The smallest absolute Gasteiger partial charge is 0.456 e. The molecule has 0 aliphatic rings. The van der Waals surface area contributed by atoms with E-state index in [0.717, 1.165) is 64.2 Å². The first-order valence-electron chi connectivity index (χ1n) is 32.3. The molecule has 75 heavy (non-hydrogen) atoms. The number of allylic oxidation sites excluding steroid dienone is 5. The van der Waals surface area contributed by atoms with E-state index >= 15 is 0 Å². The molecule has 9 nitrogen and oxygen atoms in total. The molecule has 1 amide bonds. The van der Waals surface area contributed by atoms with Gasteiger partial charge < -0.3 is 19.4 Å². The number of carbonyl (C=O) groups is 2. The Morgan fingerprint density at radius 3 is 1.13 bits per heavy atom. The van der Waals surface area contributed by atoms with Crippen molar-refractivity contribution in [2.75, 3.05) is 40.9 Å². The van der Waals surface area contributed by atoms with E-state index in [-0.39, 0.29) is 25.1 Å². The second-order valence-corrected chi connectivity index (χ2v) is 24.7. The maximum Gasteiger partial charge on any atom is 0.472 e. The summed E-state index contributed by atoms with van der Waals surface area (Å²) in [5, 5.41) is 3.06. The number of nitrogens with one attached hydrogen (secondary N) is 1. The van der Waals surface area contributed by atoms with Crippen LogP contribution in [-0.2, 0) is 27.9 Å². The van der Waals surface area contributed by atoms with Crippen molar-refractivity contribution in [1.82, 2.24) is 5.32 Å². The van der Waals surface area contributed by atoms with Gasteiger partial charge in [0, 0.05) is 12.8 Å². The first-order chi connectivity index (χ1) is 36.4. The van der Waals surface area contributed by atoms with Crippen LogP contribution in [0.4, 0.5) is 0 Å². The van der Waals surface area contributed by atoms with E-state index in [1.165, 1.54) is 218 Å². The number of carbonyl (C=O) groups excluding carboxylic acids is 2. The van der Waals surface area contributed by atoms with Crippen molar-refractivity contribution in [3.05, 3.63) is 36.5 Å². The van der Waals surface area contributed by atoms with Crippen LogP contribution in [0.2, 0.25) is 0 Å². The average Bonchev–Trinajstić information content (AvgIpc) is 3.37. The molecule has 3 atom stereocenters. The molecule has 0 saturated heterocycles. The number of phosphoric ester groups is 1. The summed E-state index contributed by atoms with van der Waals surface area (Å²) in [4.78, 5) is 37.7. The Morgan fingerprint density at radius 2 is 0.773 bits per heavy atom. The van der Waals surface area contributed by atoms with Gasteiger partial charge in [-0.2, -0.15) is 0 Å². The van der Waals surface area contributed by atoms with Crippen molar-refractivity contribution >= 4 is 19.7 Å². The summed E-state index contributed by atoms with van der Waals surface area (Å²) >= 11 is 0. The Kier molecular flexibility index (Phi) is 54.2. The highest BCUT2D eigenvalue weighted by molar-refractivity contribution is 7.47. The third kappa shape index (κ3) is 56.8. The molecular formula is C65H126N2O7P+. The molecule has 0 radical (unpaired) electrons. The highest BCUT2D eigenvalue weighted by Gasteiger charge is 2.30. The van der Waals surface area contributed by atoms with Gasteiger partial charge in [-0.15, -0.1) is 0 Å². The molecule has 0 aromatic rings. The molecule has 0 aromatic carbocycles. The summed E-state index contributed by atoms with van der Waals surface area (Å²) < 4.78 is 30.7. The van der Waals surface area contributed by atoms with Gasteiger partial charge in [0.1, 0.15) is 19.3 Å². The summed E-state index contributed by atoms with van der Waals surface area (Å²) in [7, 11) is 1.50. The van der Waals surface area contributed by atoms with E-state index in [4.69, 9.17) is 13.8 Å². The lowest BCUT2D eigenvalue weighted by molar-refractivity contribution is -0.870. The molecule has 0 fully saturated rings. The molecule has 0 aromatic heterocycles. The number of hydrogen-bond donors (Lipinski definition) is 2. The highest BCUT2D eigenvalue weighted by atomic mass is 31.2. The van der Waals surface area contributed by atoms with Gasteiger partial charge in [0.15, 0.2) is 0 Å². The summed E-state index contributed by atoms with van der Waals surface area (Å²) in [5.41, 5.74) is 0. The van der Waals surface area contributed by atoms with E-state index in [0.29, 0.717) is 23.9 Å². The van der Waals surface area contributed by atoms with E-state index in [2.05, 4.69) is 50.4 Å². The summed E-state index contributed by atoms with van der Waals surface area (Å²) in [6.45, 7) is 7.03. The lowest BCUT2D eigenvalue weighted by Crippen LogP contribution is -2.47. The van der Waals surface area contributed by atoms with Gasteiger partial charge in [-0.25, -0.2) is 4.57 Å². The number of amides is 1. The van der Waals surface area contributed by atoms with E-state index < -0.39 is 20.0 Å². The fourth-order valence-electron chi connectivity index (χ4n) is 9.52. The molecule has 0 aliphatic heterocycles. The maximum absolute atomic E-state index is 13.5. The molecular weight excluding hydrogens is 952 g/mol. The van der Waals surface area contributed by atoms with E-state index in [1.54, 1.807) is 0 Å². The van der Waals surface area contributed by atoms with E-state index in [9.17, 15) is 19.0 Å². The number of phosphoric acid groups is 1. The van der Waals surface area contributed by atoms with Crippen LogP contribution in [-0.4, -0.2) is 74.3 Å². The predicted molar refractivity (Wildman–Crippen MR) is 323 cm³/mol. The van der Waals surface area contributed by atoms with Crippen LogP contribution in [0, 0.1) is 0 Å². The van der Waals surface area contributed by atoms with Gasteiger partial charge in [-0.3, -0.25) is 18.6 Å². The minimum atomic E-state index is -4.45. The Hall–Kier alpha value is -1.77. The standard InChI is InChI=1S/C65H125N2O7P/c1-7-10-13-16-19-22-25-27-29-31-32-33-34-36-38-40-43-46-49-52-55-58-65(69)74-63(56-53-50-47-44-41-24-21-18-15-12-9-3)62(61-73-75(70,71)72-60-59-67(4,5)6)66-64(68)57-54-51-48-45-42-39-37-35-30-28-26-23-20-17-14-11-8-2/h27-30,53,56,62-63H,7-26,31-52,54-55,57-61H2,1-6H3,(H-,66,68,70,71)/p+1/b29-27+,30-28+,56-53+. The molecule has 0 saturated carbocycles. The first-order valence-corrected chi connectivity index (χ1v) is 33.8. The molecule has 0 spiro atoms. The van der Waals surface area contributed by atoms with Gasteiger partial charge in [-0.05, 0) is 83.1 Å². The number of ether oxygens (including phenoxy) is 1. The van der Waals surface area contributed by atoms with Crippen LogP contribution in [0.5, 0.6) is 0 Å². The molecule has 0 rings (SSSR count). The summed E-state index contributed by atoms with van der Waals surface area (Å²) in [6, 6.07) is -0.848. The van der Waals surface area contributed by atoms with Crippen LogP contribution in [0.15, 0.2) is 36.5 Å². The third-order valence-electron chi connectivity index (χ3n) is 14.6. The van der Waals surface area contributed by atoms with Crippen LogP contribution in [0.3, 0.4) is 0 Å². The zero-order chi connectivity index (χ0) is 55.0. The van der Waals surface area contributed by atoms with Gasteiger partial charge in [0.25, 0.3) is 0 Å². The minimum absolute atomic E-state index is 0.0411. The van der Waals surface area contributed by atoms with Crippen molar-refractivity contribution in [2.45, 2.75) is 328 Å². The topological polar surface area (TPSA) is 111 Å². The fraction of sp³-hybridized carbons (Fsp3) is 0.877. The summed E-state index contributed by atoms with van der Waals surface area (Å²) in [5.74, 6) is -0.499. The number of esters is 1. The normalized spacial score (nSPS) is 13.9. The molecule has 2 N–H and O–H groups in total. The quantitative estimate of drug-likeness (QED) is 0.0205. The SMILES string of the molecule is CCCCCCCC/C=C/CCCCCCCCCCCCCC(=O)OC(/C=C/CCCCCCCCCCC)C(COP(=O)(O)OCC[N+](C)(C)C)NC(=O)CCCCCCCCC/C=C/CCCCCCCC. The molecule has 10 heteroatoms. The number of likely N-dealkylation sites (N-methyl/N-ethyl adjacent to an activating group) is 1. The highest BCUT2D eigenvalue weighted by Crippen LogP contribution is 2.43. The van der Waals surface area contributed by atoms with Crippen molar-refractivity contribution in [3.8, 4) is 0 Å². The van der Waals surface area contributed by atoms with Gasteiger partial charge in [0.05, 0.1) is 33.8 Å². The zero-order valence-corrected chi connectivity index (χ0v) is 51.5. The molecule has 442 valence electrons. The molecule has 0 bridgehead atoms. The molecule has 3 unspecified atom stereocenters. The largest absolute Gasteiger partial charge is 0.472 e. The third-order valence-corrected chi connectivity index (χ3v) is 15.5. The monoisotopic (exact) mass is 1080 g/mol. The predicted octanol–water partition coefficient (Wildman–Crippen LogP) is 19.9. The van der Waals surface area contributed by atoms with Gasteiger partial charge >= 0.3 is 13.8 Å². The number of hydrogen-bond acceptors (Lipinski definition) is 6. The molecule has 0 aliphatic carbocycles.